The van der Waals surface area contributed by atoms with E-state index in [0.29, 0.717) is 46.7 Å². The summed E-state index contributed by atoms with van der Waals surface area (Å²) in [6.07, 6.45) is -2.71. The minimum atomic E-state index is -4.76. The molecule has 4 heterocycles. The molecule has 1 fully saturated rings. The summed E-state index contributed by atoms with van der Waals surface area (Å²) in [6.45, 7) is 4.16. The molecule has 1 aromatic heterocycles. The Balaban J connectivity index is 0.000000196. The Hall–Kier alpha value is -8.36. The molecule has 4 aliphatic rings. The fourth-order valence-corrected chi connectivity index (χ4v) is 11.2. The van der Waals surface area contributed by atoms with Gasteiger partial charge in [0.2, 0.25) is 0 Å². The number of aliphatic imine (C=N–C) groups is 2. The van der Waals surface area contributed by atoms with Crippen LogP contribution in [0.3, 0.4) is 0 Å². The highest BCUT2D eigenvalue weighted by Crippen LogP contribution is 2.47. The lowest BCUT2D eigenvalue weighted by Gasteiger charge is -2.36. The minimum Gasteiger partial charge on any atom is -0.369 e. The van der Waals surface area contributed by atoms with Gasteiger partial charge < -0.3 is 25.8 Å². The summed E-state index contributed by atoms with van der Waals surface area (Å²) < 4.78 is 102. The predicted molar refractivity (Wildman–Crippen MR) is 286 cm³/mol. The molecule has 5 aromatic carbocycles. The normalized spacial score (nSPS) is 19.4. The van der Waals surface area contributed by atoms with Crippen molar-refractivity contribution in [1.82, 2.24) is 24.8 Å². The number of hydrogen-bond acceptors (Lipinski definition) is 10. The predicted octanol–water partition coefficient (Wildman–Crippen LogP) is 11.1. The summed E-state index contributed by atoms with van der Waals surface area (Å²) in [5.41, 5.74) is 10.9. The number of guanidine groups is 2. The second-order valence-electron chi connectivity index (χ2n) is 21.3. The van der Waals surface area contributed by atoms with Crippen molar-refractivity contribution in [1.29, 1.82) is 0 Å². The van der Waals surface area contributed by atoms with Crippen LogP contribution < -0.4 is 11.5 Å². The van der Waals surface area contributed by atoms with E-state index in [1.54, 1.807) is 12.1 Å². The number of nitrogens with zero attached hydrogens (tertiary/aromatic N) is 7. The Labute approximate surface area is 463 Å². The zero-order valence-corrected chi connectivity index (χ0v) is 44.7. The molecule has 10 rings (SSSR count). The Kier molecular flexibility index (Phi) is 16.3. The first-order valence-corrected chi connectivity index (χ1v) is 26.6. The van der Waals surface area contributed by atoms with Crippen LogP contribution >= 0.6 is 0 Å². The van der Waals surface area contributed by atoms with E-state index in [0.717, 1.165) is 66.3 Å². The highest BCUT2D eigenvalue weighted by atomic mass is 19.4. The fourth-order valence-electron chi connectivity index (χ4n) is 11.2. The summed E-state index contributed by atoms with van der Waals surface area (Å²) in [7, 11) is 1.38. The van der Waals surface area contributed by atoms with Crippen molar-refractivity contribution in [2.24, 2.45) is 33.3 Å². The van der Waals surface area contributed by atoms with E-state index in [2.05, 4.69) is 10.1 Å². The zero-order valence-electron chi connectivity index (χ0n) is 44.7. The van der Waals surface area contributed by atoms with E-state index in [1.807, 2.05) is 68.4 Å². The number of nitrogens with two attached hydrogens (primary N) is 2. The van der Waals surface area contributed by atoms with Gasteiger partial charge in [-0.3, -0.25) is 29.0 Å². The molecular weight excluding hydrogens is 1060 g/mol. The maximum atomic E-state index is 14.2. The molecule has 4 N–H and O–H groups in total. The molecule has 1 aliphatic carbocycles. The third kappa shape index (κ3) is 11.8. The molecule has 2 unspecified atom stereocenters. The van der Waals surface area contributed by atoms with Gasteiger partial charge in [-0.05, 0) is 107 Å². The lowest BCUT2D eigenvalue weighted by Crippen LogP contribution is -2.46. The SMILES string of the molecule is CC(C)CCC1(c2ccccc2)N=C(N)N(Cc2ccc(C(F)(F)F)c(C(=O)N(C)Cc3ccon3)c2)C1=O.NC1=NC(c2ccc(F)cc2)(C2CCCCC2)C(=O)N1Cc1ccc(C(F)(F)F)c(C(=O)N2Cc3ccccc3C2)c1. The maximum absolute atomic E-state index is 14.2. The Morgan fingerprint density at radius 2 is 1.26 bits per heavy atom. The van der Waals surface area contributed by atoms with E-state index in [9.17, 15) is 49.9 Å². The number of hydrogen-bond donors (Lipinski definition) is 2. The Morgan fingerprint density at radius 1 is 0.704 bits per heavy atom. The van der Waals surface area contributed by atoms with Crippen molar-refractivity contribution in [3.63, 3.8) is 0 Å². The van der Waals surface area contributed by atoms with Gasteiger partial charge in [-0.2, -0.15) is 26.3 Å². The van der Waals surface area contributed by atoms with Crippen LogP contribution in [0.15, 0.2) is 142 Å². The average molecular weight is 1120 g/mol. The molecule has 0 bridgehead atoms. The van der Waals surface area contributed by atoms with E-state index >= 15 is 0 Å². The van der Waals surface area contributed by atoms with Crippen LogP contribution in [0.4, 0.5) is 30.7 Å². The lowest BCUT2D eigenvalue weighted by atomic mass is 9.71. The highest BCUT2D eigenvalue weighted by Gasteiger charge is 2.54. The standard InChI is InChI=1S/C32H30F4N4O2.C28H30F3N5O3/c33-25-13-11-24(12-14-25)31(23-8-2-1-3-9-23)29(42)40(30(37)38-31)17-20-10-15-27(32(34,35)36)26(16-20)28(41)39-18-21-6-4-5-7-22(21)19-39;1-18(2)11-13-27(20-7-5-4-6-8-20)25(38)36(26(32)33-27)16-19-9-10-23(28(29,30)31)22(15-19)24(37)35(3)17-21-12-14-39-34-21/h4-7,10-16,23H,1-3,8-9,17-19H2,(H2,37,38);4-10,12,14-15,18H,11,13,16-17H2,1-3H3,(H2,32,33). The average Bonchev–Trinajstić information content (AvgIpc) is 4.43. The number of alkyl halides is 6. The zero-order chi connectivity index (χ0) is 58.0. The first-order chi connectivity index (χ1) is 38.5. The van der Waals surface area contributed by atoms with Crippen LogP contribution in [0.2, 0.25) is 0 Å². The second kappa shape index (κ2) is 23.0. The van der Waals surface area contributed by atoms with Crippen LogP contribution in [-0.2, 0) is 65.7 Å². The molecule has 0 saturated heterocycles. The van der Waals surface area contributed by atoms with Crippen LogP contribution in [-0.4, -0.2) is 67.4 Å². The first-order valence-electron chi connectivity index (χ1n) is 26.6. The van der Waals surface area contributed by atoms with Gasteiger partial charge in [-0.15, -0.1) is 0 Å². The van der Waals surface area contributed by atoms with Crippen LogP contribution in [0.1, 0.15) is 130 Å². The van der Waals surface area contributed by atoms with Gasteiger partial charge in [0, 0.05) is 26.2 Å². The minimum absolute atomic E-state index is 0.0245. The number of fused-ring (bicyclic) bond motifs is 1. The second-order valence-corrected chi connectivity index (χ2v) is 21.3. The number of aromatic nitrogens is 1. The first kappa shape index (κ1) is 57.3. The number of rotatable bonds is 14. The largest absolute Gasteiger partial charge is 0.417 e. The van der Waals surface area contributed by atoms with E-state index in [1.165, 1.54) is 64.4 Å². The van der Waals surface area contributed by atoms with Gasteiger partial charge in [0.15, 0.2) is 23.0 Å². The summed E-state index contributed by atoms with van der Waals surface area (Å²) in [5, 5.41) is 3.71. The van der Waals surface area contributed by atoms with Gasteiger partial charge in [0.1, 0.15) is 17.8 Å². The van der Waals surface area contributed by atoms with Crippen LogP contribution in [0.5, 0.6) is 0 Å². The van der Waals surface area contributed by atoms with Gasteiger partial charge in [0.05, 0.1) is 41.9 Å². The molecule has 1 saturated carbocycles. The monoisotopic (exact) mass is 1120 g/mol. The van der Waals surface area contributed by atoms with E-state index in [-0.39, 0.29) is 56.5 Å². The number of amides is 4. The van der Waals surface area contributed by atoms with Gasteiger partial charge in [-0.1, -0.05) is 117 Å². The van der Waals surface area contributed by atoms with Gasteiger partial charge >= 0.3 is 12.4 Å². The molecule has 3 aliphatic heterocycles. The number of carbonyl (C=O) groups excluding carboxylic acids is 4. The summed E-state index contributed by atoms with van der Waals surface area (Å²) in [5.74, 6) is -2.73. The third-order valence-corrected chi connectivity index (χ3v) is 15.4. The molecule has 14 nitrogen and oxygen atoms in total. The highest BCUT2D eigenvalue weighted by molar-refractivity contribution is 6.08. The van der Waals surface area contributed by atoms with Gasteiger partial charge in [-0.25, -0.2) is 14.4 Å². The van der Waals surface area contributed by atoms with Crippen LogP contribution in [0.25, 0.3) is 0 Å². The Morgan fingerprint density at radius 3 is 1.83 bits per heavy atom. The molecule has 424 valence electrons. The van der Waals surface area contributed by atoms with Crippen molar-refractivity contribution < 1.29 is 54.4 Å². The topological polar surface area (TPSA) is 184 Å². The van der Waals surface area contributed by atoms with Crippen molar-refractivity contribution in [3.8, 4) is 0 Å². The number of halogens is 7. The number of benzene rings is 5. The maximum Gasteiger partial charge on any atom is 0.417 e. The van der Waals surface area contributed by atoms with Crippen molar-refractivity contribution >= 4 is 35.5 Å². The van der Waals surface area contributed by atoms with Crippen molar-refractivity contribution in [2.45, 2.75) is 115 Å². The summed E-state index contributed by atoms with van der Waals surface area (Å²) in [4.78, 5) is 69.0. The van der Waals surface area contributed by atoms with E-state index < -0.39 is 69.2 Å². The van der Waals surface area contributed by atoms with E-state index in [4.69, 9.17) is 21.0 Å². The fraction of sp³-hybridized carbons (Fsp3) is 0.350. The molecule has 81 heavy (non-hydrogen) atoms. The summed E-state index contributed by atoms with van der Waals surface area (Å²) >= 11 is 0. The van der Waals surface area contributed by atoms with Gasteiger partial charge in [0.25, 0.3) is 23.6 Å². The molecule has 6 aromatic rings. The number of carbonyl (C=O) groups is 4. The molecule has 2 atom stereocenters. The van der Waals surface area contributed by atoms with Crippen molar-refractivity contribution in [3.05, 3.63) is 195 Å². The smallest absolute Gasteiger partial charge is 0.369 e. The van der Waals surface area contributed by atoms with Crippen molar-refractivity contribution in [2.75, 3.05) is 7.05 Å². The third-order valence-electron chi connectivity index (χ3n) is 15.4. The quantitative estimate of drug-likeness (QED) is 0.101. The van der Waals surface area contributed by atoms with Crippen LogP contribution in [0, 0.1) is 17.7 Å². The molecule has 4 amide bonds. The Bertz CT molecular complexity index is 3340. The molecule has 21 heteroatoms. The summed E-state index contributed by atoms with van der Waals surface area (Å²) in [6, 6.07) is 30.2. The molecule has 0 spiro atoms. The lowest BCUT2D eigenvalue weighted by molar-refractivity contribution is -0.138. The molecular formula is C60H60F7N9O5. The molecule has 0 radical (unpaired) electrons.